The van der Waals surface area contributed by atoms with E-state index >= 15 is 0 Å². The minimum absolute atomic E-state index is 0.00644. The Balaban J connectivity index is 1.64. The summed E-state index contributed by atoms with van der Waals surface area (Å²) in [6.07, 6.45) is -10.1. The van der Waals surface area contributed by atoms with E-state index in [1.807, 2.05) is 0 Å². The van der Waals surface area contributed by atoms with E-state index < -0.39 is 86.2 Å². The van der Waals surface area contributed by atoms with Crippen molar-refractivity contribution in [1.82, 2.24) is 0 Å². The second-order valence-electron chi connectivity index (χ2n) is 9.83. The van der Waals surface area contributed by atoms with Crippen LogP contribution in [0.2, 0.25) is 0 Å². The summed E-state index contributed by atoms with van der Waals surface area (Å²) in [4.78, 5) is 12.5. The fourth-order valence-electron chi connectivity index (χ4n) is 4.53. The molecule has 0 aromatic heterocycles. The number of rotatable bonds is 8. The average Bonchev–Trinajstić information content (AvgIpc) is 3.07. The average molecular weight is 509 g/mol. The lowest BCUT2D eigenvalue weighted by Crippen LogP contribution is -2.62. The van der Waals surface area contributed by atoms with Gasteiger partial charge in [0.25, 0.3) is 0 Å². The van der Waals surface area contributed by atoms with Crippen LogP contribution in [0.3, 0.4) is 0 Å². The van der Waals surface area contributed by atoms with E-state index in [-0.39, 0.29) is 5.92 Å². The number of esters is 1. The zero-order valence-electron chi connectivity index (χ0n) is 19.6. The van der Waals surface area contributed by atoms with Gasteiger partial charge in [-0.1, -0.05) is 6.08 Å². The molecule has 3 aliphatic rings. The molecular weight excluding hydrogens is 472 g/mol. The summed E-state index contributed by atoms with van der Waals surface area (Å²) in [7, 11) is 0. The highest BCUT2D eigenvalue weighted by Gasteiger charge is 2.58. The molecule has 2 fully saturated rings. The van der Waals surface area contributed by atoms with E-state index in [9.17, 15) is 45.6 Å². The first-order valence-corrected chi connectivity index (χ1v) is 11.6. The molecule has 2 saturated heterocycles. The molecule has 0 amide bonds. The van der Waals surface area contributed by atoms with Crippen molar-refractivity contribution >= 4 is 5.97 Å². The molecule has 0 spiro atoms. The molecule has 10 atom stereocenters. The molecule has 0 radical (unpaired) electrons. The largest absolute Gasteiger partial charge is 0.459 e. The number of aliphatic hydroxyl groups is 8. The Morgan fingerprint density at radius 3 is 2.29 bits per heavy atom. The quantitative estimate of drug-likeness (QED) is 0.151. The van der Waals surface area contributed by atoms with Crippen molar-refractivity contribution in [3.05, 3.63) is 11.6 Å². The van der Waals surface area contributed by atoms with Gasteiger partial charge >= 0.3 is 5.97 Å². The van der Waals surface area contributed by atoms with Crippen LogP contribution in [0.5, 0.6) is 0 Å². The molecule has 0 aromatic rings. The van der Waals surface area contributed by atoms with Crippen LogP contribution in [-0.4, -0.2) is 127 Å². The molecule has 0 saturated carbocycles. The summed E-state index contributed by atoms with van der Waals surface area (Å²) in [5.41, 5.74) is -0.483. The topological polar surface area (TPSA) is 216 Å². The Labute approximate surface area is 202 Å². The molecule has 0 unspecified atom stereocenters. The van der Waals surface area contributed by atoms with E-state index in [2.05, 4.69) is 0 Å². The molecule has 2 aliphatic heterocycles. The van der Waals surface area contributed by atoms with Gasteiger partial charge in [-0.15, -0.1) is 0 Å². The fourth-order valence-corrected chi connectivity index (χ4v) is 4.53. The van der Waals surface area contributed by atoms with Crippen molar-refractivity contribution in [2.75, 3.05) is 19.8 Å². The van der Waals surface area contributed by atoms with Gasteiger partial charge in [-0.2, -0.15) is 0 Å². The van der Waals surface area contributed by atoms with Gasteiger partial charge in [-0.3, -0.25) is 0 Å². The molecule has 2 heterocycles. The van der Waals surface area contributed by atoms with Gasteiger partial charge in [0.1, 0.15) is 55.9 Å². The number of carbonyl (C=O) groups excluding carboxylic acids is 1. The third kappa shape index (κ3) is 5.86. The van der Waals surface area contributed by atoms with Gasteiger partial charge in [-0.05, 0) is 39.0 Å². The minimum Gasteiger partial charge on any atom is -0.459 e. The monoisotopic (exact) mass is 508 g/mol. The Kier molecular flexibility index (Phi) is 8.93. The van der Waals surface area contributed by atoms with Crippen molar-refractivity contribution in [3.8, 4) is 0 Å². The van der Waals surface area contributed by atoms with Crippen LogP contribution < -0.4 is 0 Å². The van der Waals surface area contributed by atoms with Crippen molar-refractivity contribution in [3.63, 3.8) is 0 Å². The van der Waals surface area contributed by atoms with E-state index in [0.717, 1.165) is 0 Å². The summed E-state index contributed by atoms with van der Waals surface area (Å²) in [6, 6.07) is 0. The minimum atomic E-state index is -2.30. The van der Waals surface area contributed by atoms with E-state index in [1.54, 1.807) is 19.9 Å². The lowest BCUT2D eigenvalue weighted by molar-refractivity contribution is -0.383. The Hall–Kier alpha value is -1.23. The molecule has 1 aliphatic carbocycles. The molecule has 202 valence electrons. The highest BCUT2D eigenvalue weighted by atomic mass is 16.8. The van der Waals surface area contributed by atoms with Crippen molar-refractivity contribution < 1.29 is 64.6 Å². The summed E-state index contributed by atoms with van der Waals surface area (Å²) < 4.78 is 21.4. The molecule has 0 bridgehead atoms. The predicted molar refractivity (Wildman–Crippen MR) is 114 cm³/mol. The predicted octanol–water partition coefficient (Wildman–Crippen LogP) is -3.35. The Morgan fingerprint density at radius 1 is 1.09 bits per heavy atom. The van der Waals surface area contributed by atoms with Gasteiger partial charge in [0.05, 0.1) is 12.2 Å². The molecule has 13 heteroatoms. The lowest BCUT2D eigenvalue weighted by Gasteiger charge is -2.43. The standard InChI is InChI=1S/C22H36O13/c1-21(2,31)11-5-3-10(4-6-11)19(30)32-8-13-14(25)16(27)17(28)20(33-13)35-22(9-24)18(29)15(26)12(7-23)34-22/h3,11-18,20,23-29,31H,4-9H2,1-2H3/t11-,12+,13+,14+,15+,16-,17+,18-,20-,22+/m0/s1. The van der Waals surface area contributed by atoms with Crippen LogP contribution in [0, 0.1) is 5.92 Å². The number of hydrogen-bond donors (Lipinski definition) is 8. The van der Waals surface area contributed by atoms with Crippen molar-refractivity contribution in [2.24, 2.45) is 5.92 Å². The van der Waals surface area contributed by atoms with E-state index in [0.29, 0.717) is 24.8 Å². The van der Waals surface area contributed by atoms with Crippen LogP contribution in [-0.2, 0) is 23.7 Å². The maximum absolute atomic E-state index is 12.5. The highest BCUT2D eigenvalue weighted by Crippen LogP contribution is 2.36. The molecule has 8 N–H and O–H groups in total. The lowest BCUT2D eigenvalue weighted by atomic mass is 9.79. The smallest absolute Gasteiger partial charge is 0.333 e. The summed E-state index contributed by atoms with van der Waals surface area (Å²) in [5.74, 6) is -2.97. The van der Waals surface area contributed by atoms with Crippen LogP contribution in [0.25, 0.3) is 0 Å². The van der Waals surface area contributed by atoms with Crippen LogP contribution in [0.4, 0.5) is 0 Å². The van der Waals surface area contributed by atoms with Gasteiger partial charge < -0.3 is 59.8 Å². The highest BCUT2D eigenvalue weighted by molar-refractivity contribution is 5.88. The number of allylic oxidation sites excluding steroid dienone is 1. The summed E-state index contributed by atoms with van der Waals surface area (Å²) in [6.45, 7) is 1.18. The Morgan fingerprint density at radius 2 is 1.77 bits per heavy atom. The van der Waals surface area contributed by atoms with Gasteiger partial charge in [-0.25, -0.2) is 4.79 Å². The molecular formula is C22H36O13. The van der Waals surface area contributed by atoms with Crippen molar-refractivity contribution in [2.45, 2.75) is 93.5 Å². The molecule has 35 heavy (non-hydrogen) atoms. The maximum Gasteiger partial charge on any atom is 0.333 e. The van der Waals surface area contributed by atoms with E-state index in [4.69, 9.17) is 18.9 Å². The Bertz CT molecular complexity index is 767. The molecule has 13 nitrogen and oxygen atoms in total. The van der Waals surface area contributed by atoms with Crippen LogP contribution in [0.15, 0.2) is 11.6 Å². The maximum atomic E-state index is 12.5. The SMILES string of the molecule is CC(C)(O)[C@H]1CC=C(C(=O)OC[C@H]2O[C@@H](O[C@@]3(CO)O[C@H](CO)[C@@H](O)[C@@H]3O)[C@H](O)[C@@H](O)[C@@H]2O)CC1. The number of ether oxygens (including phenoxy) is 4. The van der Waals surface area contributed by atoms with E-state index in [1.165, 1.54) is 0 Å². The van der Waals surface area contributed by atoms with Crippen LogP contribution in [0.1, 0.15) is 33.1 Å². The number of aliphatic hydroxyl groups excluding tert-OH is 7. The van der Waals surface area contributed by atoms with Gasteiger partial charge in [0.2, 0.25) is 5.79 Å². The van der Waals surface area contributed by atoms with Crippen molar-refractivity contribution in [1.29, 1.82) is 0 Å². The zero-order chi connectivity index (χ0) is 26.1. The normalized spacial score (nSPS) is 42.6. The number of carbonyl (C=O) groups is 1. The van der Waals surface area contributed by atoms with Gasteiger partial charge in [0, 0.05) is 5.57 Å². The second-order valence-corrected chi connectivity index (χ2v) is 9.83. The fraction of sp³-hybridized carbons (Fsp3) is 0.864. The van der Waals surface area contributed by atoms with Crippen LogP contribution >= 0.6 is 0 Å². The first-order valence-electron chi connectivity index (χ1n) is 11.6. The summed E-state index contributed by atoms with van der Waals surface area (Å²) >= 11 is 0. The van der Waals surface area contributed by atoms with Gasteiger partial charge in [0.15, 0.2) is 6.29 Å². The second kappa shape index (κ2) is 11.0. The molecule has 3 rings (SSSR count). The zero-order valence-corrected chi connectivity index (χ0v) is 19.6. The molecule has 0 aromatic carbocycles. The number of hydrogen-bond acceptors (Lipinski definition) is 13. The third-order valence-electron chi connectivity index (χ3n) is 6.94. The third-order valence-corrected chi connectivity index (χ3v) is 6.94. The first-order chi connectivity index (χ1) is 16.3. The first kappa shape index (κ1) is 28.3. The summed E-state index contributed by atoms with van der Waals surface area (Å²) in [5, 5.41) is 80.3.